The molecule has 20 heavy (non-hydrogen) atoms. The van der Waals surface area contributed by atoms with Crippen LogP contribution >= 0.6 is 0 Å². The Morgan fingerprint density at radius 3 is 2.00 bits per heavy atom. The minimum atomic E-state index is -1.98. The zero-order chi connectivity index (χ0) is 15.3. The largest absolute Gasteiger partial charge is 0.516 e. The Morgan fingerprint density at radius 2 is 1.55 bits per heavy atom. The van der Waals surface area contributed by atoms with Crippen molar-refractivity contribution < 1.29 is 14.0 Å². The van der Waals surface area contributed by atoms with Gasteiger partial charge in [0.2, 0.25) is 8.32 Å². The van der Waals surface area contributed by atoms with Gasteiger partial charge in [-0.3, -0.25) is 4.79 Å². The summed E-state index contributed by atoms with van der Waals surface area (Å²) in [5.41, 5.74) is 0.770. The lowest BCUT2D eigenvalue weighted by Gasteiger charge is -2.22. The summed E-state index contributed by atoms with van der Waals surface area (Å²) in [5, 5.41) is 0. The first kappa shape index (κ1) is 16.4. The molecule has 1 amide bonds. The molecule has 0 radical (unpaired) electrons. The summed E-state index contributed by atoms with van der Waals surface area (Å²) in [6, 6.07) is 6.85. The molecule has 0 aliphatic carbocycles. The molecule has 110 valence electrons. The smallest absolute Gasteiger partial charge is 0.325 e. The van der Waals surface area contributed by atoms with Crippen molar-refractivity contribution in [3.8, 4) is 0 Å². The van der Waals surface area contributed by atoms with Crippen LogP contribution in [-0.2, 0) is 4.43 Å². The molecule has 0 atom stereocenters. The minimum Gasteiger partial charge on any atom is -0.516 e. The maximum atomic E-state index is 12.4. The van der Waals surface area contributed by atoms with Crippen LogP contribution in [0.1, 0.15) is 34.6 Å². The number of hydrogen-bond acceptors (Lipinski definition) is 3. The van der Waals surface area contributed by atoms with Crippen molar-refractivity contribution in [1.29, 1.82) is 0 Å². The zero-order valence-corrected chi connectivity index (χ0v) is 13.9. The molecule has 4 nitrogen and oxygen atoms in total. The van der Waals surface area contributed by atoms with E-state index in [9.17, 15) is 9.59 Å². The molecule has 5 heteroatoms. The van der Waals surface area contributed by atoms with Crippen LogP contribution < -0.4 is 0 Å². The van der Waals surface area contributed by atoms with Gasteiger partial charge in [0.25, 0.3) is 5.91 Å². The average Bonchev–Trinajstić information content (AvgIpc) is 2.38. The molecular weight excluding hydrogens is 270 g/mol. The summed E-state index contributed by atoms with van der Waals surface area (Å²) in [7, 11) is -1.98. The van der Waals surface area contributed by atoms with Crippen LogP contribution in [0.3, 0.4) is 0 Å². The van der Waals surface area contributed by atoms with Crippen LogP contribution in [-0.4, -0.2) is 38.2 Å². The van der Waals surface area contributed by atoms with Gasteiger partial charge in [-0.1, -0.05) is 12.1 Å². The second-order valence-corrected chi connectivity index (χ2v) is 9.95. The Morgan fingerprint density at radius 1 is 1.05 bits per heavy atom. The van der Waals surface area contributed by atoms with E-state index in [1.54, 1.807) is 29.2 Å². The van der Waals surface area contributed by atoms with Crippen molar-refractivity contribution in [2.45, 2.75) is 33.5 Å². The molecule has 0 saturated heterocycles. The van der Waals surface area contributed by atoms with E-state index in [0.29, 0.717) is 24.2 Å². The van der Waals surface area contributed by atoms with E-state index >= 15 is 0 Å². The molecule has 1 rings (SSSR count). The van der Waals surface area contributed by atoms with Crippen molar-refractivity contribution in [3.63, 3.8) is 0 Å². The third-order valence-corrected chi connectivity index (χ3v) is 3.62. The number of carbonyl (C=O) groups excluding carboxylic acids is 2. The second kappa shape index (κ2) is 6.70. The Bertz CT molecular complexity index is 490. The molecule has 0 N–H and O–H groups in total. The van der Waals surface area contributed by atoms with Crippen molar-refractivity contribution >= 4 is 20.2 Å². The molecular formula is C15H23NO3Si. The second-order valence-electron chi connectivity index (χ2n) is 5.52. The molecule has 0 spiro atoms. The van der Waals surface area contributed by atoms with E-state index in [-0.39, 0.29) is 5.91 Å². The lowest BCUT2D eigenvalue weighted by atomic mass is 10.1. The van der Waals surface area contributed by atoms with E-state index in [1.807, 2.05) is 33.5 Å². The summed E-state index contributed by atoms with van der Waals surface area (Å²) < 4.78 is 5.49. The lowest BCUT2D eigenvalue weighted by molar-refractivity contribution is 0.0700. The molecule has 0 aliphatic rings. The SMILES string of the molecule is CCN(CC)C(=O)c1ccccc1C(=O)O[Si](C)(C)C. The van der Waals surface area contributed by atoms with Gasteiger partial charge in [-0.2, -0.15) is 0 Å². The van der Waals surface area contributed by atoms with Gasteiger partial charge in [0.15, 0.2) is 0 Å². The molecule has 0 aliphatic heterocycles. The first-order chi connectivity index (χ1) is 9.30. The van der Waals surface area contributed by atoms with Crippen molar-refractivity contribution in [2.75, 3.05) is 13.1 Å². The molecule has 0 unspecified atom stereocenters. The molecule has 0 fully saturated rings. The maximum Gasteiger partial charge on any atom is 0.325 e. The topological polar surface area (TPSA) is 46.6 Å². The Labute approximate surface area is 121 Å². The van der Waals surface area contributed by atoms with Crippen molar-refractivity contribution in [2.24, 2.45) is 0 Å². The fraction of sp³-hybridized carbons (Fsp3) is 0.467. The molecule has 0 aromatic heterocycles. The van der Waals surface area contributed by atoms with Gasteiger partial charge in [0.1, 0.15) is 0 Å². The standard InChI is InChI=1S/C15H23NO3Si/c1-6-16(7-2)14(17)12-10-8-9-11-13(12)15(18)19-20(3,4)5/h8-11H,6-7H2,1-5H3. The van der Waals surface area contributed by atoms with Gasteiger partial charge >= 0.3 is 5.97 Å². The van der Waals surface area contributed by atoms with Gasteiger partial charge in [-0.25, -0.2) is 4.79 Å². The quantitative estimate of drug-likeness (QED) is 0.783. The highest BCUT2D eigenvalue weighted by Crippen LogP contribution is 2.16. The third kappa shape index (κ3) is 4.20. The van der Waals surface area contributed by atoms with Crippen LogP contribution in [0.4, 0.5) is 0 Å². The molecule has 0 heterocycles. The van der Waals surface area contributed by atoms with E-state index in [1.165, 1.54) is 0 Å². The Balaban J connectivity index is 3.11. The lowest BCUT2D eigenvalue weighted by Crippen LogP contribution is -2.33. The van der Waals surface area contributed by atoms with E-state index < -0.39 is 14.3 Å². The number of amides is 1. The van der Waals surface area contributed by atoms with Gasteiger partial charge in [0, 0.05) is 13.1 Å². The molecule has 1 aromatic carbocycles. The number of carbonyl (C=O) groups is 2. The maximum absolute atomic E-state index is 12.4. The normalized spacial score (nSPS) is 11.1. The average molecular weight is 293 g/mol. The van der Waals surface area contributed by atoms with Gasteiger partial charge in [0.05, 0.1) is 11.1 Å². The molecule has 0 saturated carbocycles. The minimum absolute atomic E-state index is 0.127. The predicted octanol–water partition coefficient (Wildman–Crippen LogP) is 3.16. The highest BCUT2D eigenvalue weighted by Gasteiger charge is 2.25. The summed E-state index contributed by atoms with van der Waals surface area (Å²) in [6.07, 6.45) is 0. The van der Waals surface area contributed by atoms with Gasteiger partial charge < -0.3 is 9.33 Å². The molecule has 1 aromatic rings. The van der Waals surface area contributed by atoms with Gasteiger partial charge in [-0.05, 0) is 45.6 Å². The van der Waals surface area contributed by atoms with Gasteiger partial charge in [-0.15, -0.1) is 0 Å². The van der Waals surface area contributed by atoms with Crippen molar-refractivity contribution in [3.05, 3.63) is 35.4 Å². The number of benzene rings is 1. The van der Waals surface area contributed by atoms with Crippen LogP contribution in [0, 0.1) is 0 Å². The van der Waals surface area contributed by atoms with E-state index in [4.69, 9.17) is 4.43 Å². The summed E-state index contributed by atoms with van der Waals surface area (Å²) >= 11 is 0. The Kier molecular flexibility index (Phi) is 5.50. The third-order valence-electron chi connectivity index (χ3n) is 2.83. The van der Waals surface area contributed by atoms with Crippen LogP contribution in [0.5, 0.6) is 0 Å². The van der Waals surface area contributed by atoms with Crippen molar-refractivity contribution in [1.82, 2.24) is 4.90 Å². The molecule has 0 bridgehead atoms. The Hall–Kier alpha value is -1.62. The summed E-state index contributed by atoms with van der Waals surface area (Å²) in [4.78, 5) is 26.3. The fourth-order valence-electron chi connectivity index (χ4n) is 1.86. The van der Waals surface area contributed by atoms with E-state index in [0.717, 1.165) is 0 Å². The number of rotatable bonds is 5. The highest BCUT2D eigenvalue weighted by molar-refractivity contribution is 6.71. The van der Waals surface area contributed by atoms with E-state index in [2.05, 4.69) is 0 Å². The summed E-state index contributed by atoms with van der Waals surface area (Å²) in [6.45, 7) is 10.9. The predicted molar refractivity (Wildman–Crippen MR) is 82.5 cm³/mol. The highest BCUT2D eigenvalue weighted by atomic mass is 28.4. The number of hydrogen-bond donors (Lipinski definition) is 0. The summed E-state index contributed by atoms with van der Waals surface area (Å²) in [5.74, 6) is -0.529. The first-order valence-electron chi connectivity index (χ1n) is 6.91. The fourth-order valence-corrected chi connectivity index (χ4v) is 2.53. The first-order valence-corrected chi connectivity index (χ1v) is 10.3. The van der Waals surface area contributed by atoms with Crippen LogP contribution in [0.25, 0.3) is 0 Å². The van der Waals surface area contributed by atoms with Crippen LogP contribution in [0.15, 0.2) is 24.3 Å². The van der Waals surface area contributed by atoms with Crippen LogP contribution in [0.2, 0.25) is 19.6 Å². The zero-order valence-electron chi connectivity index (χ0n) is 12.9. The number of nitrogens with zero attached hydrogens (tertiary/aromatic N) is 1. The monoisotopic (exact) mass is 293 g/mol.